The molecule has 1 saturated carbocycles. The summed E-state index contributed by atoms with van der Waals surface area (Å²) in [6.07, 6.45) is 4.53. The normalized spacial score (nSPS) is 16.9. The third kappa shape index (κ3) is 2.38. The number of nitrogens with two attached hydrogens (primary N) is 1. The van der Waals surface area contributed by atoms with E-state index < -0.39 is 5.97 Å². The highest BCUT2D eigenvalue weighted by Gasteiger charge is 2.36. The minimum Gasteiger partial charge on any atom is -0.478 e. The number of hydrogen-bond donors (Lipinski definition) is 3. The van der Waals surface area contributed by atoms with E-state index in [0.29, 0.717) is 12.4 Å². The van der Waals surface area contributed by atoms with Crippen LogP contribution < -0.4 is 11.1 Å². The van der Waals surface area contributed by atoms with E-state index >= 15 is 0 Å². The maximum atomic E-state index is 10.9. The molecule has 0 radical (unpaired) electrons. The van der Waals surface area contributed by atoms with Crippen LogP contribution in [0.1, 0.15) is 29.6 Å². The Hall–Kier alpha value is -1.82. The molecule has 1 aromatic heterocycles. The lowest BCUT2D eigenvalue weighted by molar-refractivity contribution is -0.0601. The molecular formula is C12H17N3O3. The molecule has 0 aromatic carbocycles. The standard InChI is InChI=1S/C12H17N3O3/c1-18-12(3-2-4-12)7-15-10-5-8(11(16)17)9(13)6-14-10/h5-6H,2-4,7,13H2,1H3,(H,14,15)(H,16,17). The van der Waals surface area contributed by atoms with E-state index in [0.717, 1.165) is 19.3 Å². The first-order chi connectivity index (χ1) is 8.56. The predicted molar refractivity (Wildman–Crippen MR) is 67.7 cm³/mol. The molecule has 1 fully saturated rings. The molecule has 6 heteroatoms. The Balaban J connectivity index is 2.06. The van der Waals surface area contributed by atoms with E-state index in [1.165, 1.54) is 12.3 Å². The number of methoxy groups -OCH3 is 1. The molecule has 0 spiro atoms. The number of hydrogen-bond acceptors (Lipinski definition) is 5. The van der Waals surface area contributed by atoms with Crippen LogP contribution >= 0.6 is 0 Å². The van der Waals surface area contributed by atoms with E-state index in [4.69, 9.17) is 15.6 Å². The Bertz CT molecular complexity index is 452. The van der Waals surface area contributed by atoms with Crippen molar-refractivity contribution in [3.8, 4) is 0 Å². The average Bonchev–Trinajstić information content (AvgIpc) is 2.30. The second-order valence-electron chi connectivity index (χ2n) is 4.56. The lowest BCUT2D eigenvalue weighted by Gasteiger charge is -2.40. The van der Waals surface area contributed by atoms with E-state index in [9.17, 15) is 4.79 Å². The number of ether oxygens (including phenoxy) is 1. The summed E-state index contributed by atoms with van der Waals surface area (Å²) in [5, 5.41) is 12.1. The Morgan fingerprint density at radius 3 is 2.89 bits per heavy atom. The third-order valence-electron chi connectivity index (χ3n) is 3.45. The van der Waals surface area contributed by atoms with Gasteiger partial charge in [-0.05, 0) is 25.3 Å². The SMILES string of the molecule is COC1(CNc2cc(C(=O)O)c(N)cn2)CCC1. The number of nitrogen functional groups attached to an aromatic ring is 1. The Kier molecular flexibility index (Phi) is 3.38. The van der Waals surface area contributed by atoms with Gasteiger partial charge >= 0.3 is 5.97 Å². The summed E-state index contributed by atoms with van der Waals surface area (Å²) >= 11 is 0. The van der Waals surface area contributed by atoms with Gasteiger partial charge in [0.15, 0.2) is 0 Å². The molecule has 4 N–H and O–H groups in total. The van der Waals surface area contributed by atoms with Gasteiger partial charge in [0, 0.05) is 13.7 Å². The van der Waals surface area contributed by atoms with Gasteiger partial charge in [0.2, 0.25) is 0 Å². The summed E-state index contributed by atoms with van der Waals surface area (Å²) < 4.78 is 5.47. The molecule has 0 aliphatic heterocycles. The van der Waals surface area contributed by atoms with Crippen LogP contribution in [0, 0.1) is 0 Å². The number of carboxylic acid groups (broad SMARTS) is 1. The molecule has 0 unspecified atom stereocenters. The zero-order chi connectivity index (χ0) is 13.2. The highest BCUT2D eigenvalue weighted by molar-refractivity contribution is 5.94. The first kappa shape index (κ1) is 12.6. The van der Waals surface area contributed by atoms with E-state index in [1.807, 2.05) is 0 Å². The zero-order valence-electron chi connectivity index (χ0n) is 10.3. The quantitative estimate of drug-likeness (QED) is 0.730. The van der Waals surface area contributed by atoms with Crippen molar-refractivity contribution in [2.24, 2.45) is 0 Å². The van der Waals surface area contributed by atoms with Gasteiger partial charge in [-0.1, -0.05) is 0 Å². The molecule has 1 heterocycles. The number of anilines is 2. The molecular weight excluding hydrogens is 234 g/mol. The fraction of sp³-hybridized carbons (Fsp3) is 0.500. The molecule has 1 aromatic rings. The van der Waals surface area contributed by atoms with Gasteiger partial charge in [0.25, 0.3) is 0 Å². The van der Waals surface area contributed by atoms with Gasteiger partial charge in [-0.25, -0.2) is 9.78 Å². The molecule has 6 nitrogen and oxygen atoms in total. The first-order valence-corrected chi connectivity index (χ1v) is 5.84. The highest BCUT2D eigenvalue weighted by Crippen LogP contribution is 2.35. The number of nitrogens with one attached hydrogen (secondary N) is 1. The number of carboxylic acids is 1. The van der Waals surface area contributed by atoms with Crippen LogP contribution in [-0.4, -0.2) is 35.3 Å². The van der Waals surface area contributed by atoms with Crippen LogP contribution in [0.4, 0.5) is 11.5 Å². The topological polar surface area (TPSA) is 97.5 Å². The number of carbonyl (C=O) groups is 1. The molecule has 1 aliphatic carbocycles. The second kappa shape index (κ2) is 4.81. The van der Waals surface area contributed by atoms with Crippen molar-refractivity contribution in [1.82, 2.24) is 4.98 Å². The molecule has 0 atom stereocenters. The van der Waals surface area contributed by atoms with Gasteiger partial charge in [-0.15, -0.1) is 0 Å². The number of rotatable bonds is 5. The minimum atomic E-state index is -1.05. The molecule has 18 heavy (non-hydrogen) atoms. The average molecular weight is 251 g/mol. The van der Waals surface area contributed by atoms with E-state index in [-0.39, 0.29) is 16.9 Å². The van der Waals surface area contributed by atoms with Crippen molar-refractivity contribution in [2.75, 3.05) is 24.7 Å². The van der Waals surface area contributed by atoms with Crippen molar-refractivity contribution >= 4 is 17.5 Å². The fourth-order valence-electron chi connectivity index (χ4n) is 2.02. The maximum absolute atomic E-state index is 10.9. The summed E-state index contributed by atoms with van der Waals surface area (Å²) in [7, 11) is 1.69. The highest BCUT2D eigenvalue weighted by atomic mass is 16.5. The molecule has 1 aliphatic rings. The number of nitrogens with zero attached hydrogens (tertiary/aromatic N) is 1. The Morgan fingerprint density at radius 1 is 1.67 bits per heavy atom. The zero-order valence-corrected chi connectivity index (χ0v) is 10.3. The maximum Gasteiger partial charge on any atom is 0.337 e. The van der Waals surface area contributed by atoms with Crippen molar-refractivity contribution in [1.29, 1.82) is 0 Å². The molecule has 2 rings (SSSR count). The lowest BCUT2D eigenvalue weighted by atomic mass is 9.80. The van der Waals surface area contributed by atoms with E-state index in [1.54, 1.807) is 7.11 Å². The summed E-state index contributed by atoms with van der Waals surface area (Å²) in [6, 6.07) is 1.44. The van der Waals surface area contributed by atoms with Crippen molar-refractivity contribution in [3.63, 3.8) is 0 Å². The van der Waals surface area contributed by atoms with Gasteiger partial charge in [-0.3, -0.25) is 0 Å². The van der Waals surface area contributed by atoms with Crippen LogP contribution in [0.5, 0.6) is 0 Å². The summed E-state index contributed by atoms with van der Waals surface area (Å²) in [5.41, 5.74) is 5.64. The first-order valence-electron chi connectivity index (χ1n) is 5.84. The molecule has 0 amide bonds. The molecule has 0 bridgehead atoms. The number of pyridine rings is 1. The Morgan fingerprint density at radius 2 is 2.39 bits per heavy atom. The lowest BCUT2D eigenvalue weighted by Crippen LogP contribution is -2.45. The smallest absolute Gasteiger partial charge is 0.337 e. The monoisotopic (exact) mass is 251 g/mol. The largest absolute Gasteiger partial charge is 0.478 e. The van der Waals surface area contributed by atoms with Gasteiger partial charge in [0.05, 0.1) is 23.0 Å². The summed E-state index contributed by atoms with van der Waals surface area (Å²) in [6.45, 7) is 0.624. The minimum absolute atomic E-state index is 0.0626. The van der Waals surface area contributed by atoms with Crippen LogP contribution in [0.2, 0.25) is 0 Å². The fourth-order valence-corrected chi connectivity index (χ4v) is 2.02. The predicted octanol–water partition coefficient (Wildman–Crippen LogP) is 1.34. The van der Waals surface area contributed by atoms with Crippen molar-refractivity contribution < 1.29 is 14.6 Å². The van der Waals surface area contributed by atoms with Gasteiger partial charge < -0.3 is 20.9 Å². The molecule has 98 valence electrons. The summed E-state index contributed by atoms with van der Waals surface area (Å²) in [5.74, 6) is -0.548. The second-order valence-corrected chi connectivity index (χ2v) is 4.56. The number of aromatic nitrogens is 1. The molecule has 0 saturated heterocycles. The van der Waals surface area contributed by atoms with Crippen molar-refractivity contribution in [2.45, 2.75) is 24.9 Å². The third-order valence-corrected chi connectivity index (χ3v) is 3.45. The van der Waals surface area contributed by atoms with Gasteiger partial charge in [0.1, 0.15) is 5.82 Å². The van der Waals surface area contributed by atoms with Crippen LogP contribution in [0.15, 0.2) is 12.3 Å². The van der Waals surface area contributed by atoms with Crippen LogP contribution in [0.25, 0.3) is 0 Å². The Labute approximate surface area is 105 Å². The van der Waals surface area contributed by atoms with Gasteiger partial charge in [-0.2, -0.15) is 0 Å². The van der Waals surface area contributed by atoms with E-state index in [2.05, 4.69) is 10.3 Å². The van der Waals surface area contributed by atoms with Crippen molar-refractivity contribution in [3.05, 3.63) is 17.8 Å². The summed E-state index contributed by atoms with van der Waals surface area (Å²) in [4.78, 5) is 15.0. The number of aromatic carboxylic acids is 1. The van der Waals surface area contributed by atoms with Crippen LogP contribution in [-0.2, 0) is 4.74 Å². The van der Waals surface area contributed by atoms with Crippen LogP contribution in [0.3, 0.4) is 0 Å².